The van der Waals surface area contributed by atoms with Crippen molar-refractivity contribution in [2.75, 3.05) is 13.7 Å². The van der Waals surface area contributed by atoms with Crippen LogP contribution in [0.25, 0.3) is 6.08 Å². The van der Waals surface area contributed by atoms with Crippen molar-refractivity contribution in [1.82, 2.24) is 0 Å². The van der Waals surface area contributed by atoms with Gasteiger partial charge in [0.05, 0.1) is 13.7 Å². The van der Waals surface area contributed by atoms with Crippen molar-refractivity contribution in [3.8, 4) is 5.75 Å². The minimum Gasteiger partial charge on any atom is -0.496 e. The minimum atomic E-state index is 0.521. The summed E-state index contributed by atoms with van der Waals surface area (Å²) in [6.45, 7) is 0.521. The van der Waals surface area contributed by atoms with Gasteiger partial charge in [-0.15, -0.1) is 0 Å². The number of rotatable bonds is 5. The van der Waals surface area contributed by atoms with Crippen LogP contribution in [-0.2, 0) is 4.84 Å². The molecule has 1 rings (SSSR count). The van der Waals surface area contributed by atoms with Gasteiger partial charge in [-0.3, -0.25) is 0 Å². The van der Waals surface area contributed by atoms with Crippen LogP contribution in [0.1, 0.15) is 12.0 Å². The normalized spacial score (nSPS) is 10.9. The van der Waals surface area contributed by atoms with Crippen LogP contribution in [-0.4, -0.2) is 13.7 Å². The molecule has 0 atom stereocenters. The van der Waals surface area contributed by atoms with Crippen molar-refractivity contribution in [3.05, 3.63) is 34.3 Å². The van der Waals surface area contributed by atoms with Crippen LogP contribution in [0.2, 0.25) is 0 Å². The molecule has 4 heteroatoms. The number of halogens is 1. The van der Waals surface area contributed by atoms with E-state index >= 15 is 0 Å². The lowest BCUT2D eigenvalue weighted by atomic mass is 10.2. The molecule has 0 aliphatic carbocycles. The van der Waals surface area contributed by atoms with E-state index in [0.717, 1.165) is 22.2 Å². The zero-order chi connectivity index (χ0) is 11.1. The summed E-state index contributed by atoms with van der Waals surface area (Å²) in [5.41, 5.74) is 1.03. The van der Waals surface area contributed by atoms with Gasteiger partial charge >= 0.3 is 0 Å². The third kappa shape index (κ3) is 4.03. The Morgan fingerprint density at radius 1 is 1.47 bits per heavy atom. The minimum absolute atomic E-state index is 0.521. The van der Waals surface area contributed by atoms with E-state index < -0.39 is 0 Å². The highest BCUT2D eigenvalue weighted by Gasteiger charge is 1.99. The van der Waals surface area contributed by atoms with E-state index in [1.165, 1.54) is 0 Å². The van der Waals surface area contributed by atoms with E-state index in [4.69, 9.17) is 10.6 Å². The Kier molecular flexibility index (Phi) is 5.39. The summed E-state index contributed by atoms with van der Waals surface area (Å²) in [6.07, 6.45) is 4.77. The Bertz CT molecular complexity index is 339. The van der Waals surface area contributed by atoms with E-state index in [-0.39, 0.29) is 0 Å². The van der Waals surface area contributed by atoms with Gasteiger partial charge in [0, 0.05) is 10.0 Å². The molecular weight excluding hydrogens is 258 g/mol. The van der Waals surface area contributed by atoms with Gasteiger partial charge < -0.3 is 9.57 Å². The molecule has 1 aromatic rings. The molecule has 0 fully saturated rings. The van der Waals surface area contributed by atoms with Crippen LogP contribution >= 0.6 is 15.9 Å². The molecule has 0 radical (unpaired) electrons. The molecule has 2 N–H and O–H groups in total. The first-order chi connectivity index (χ1) is 7.27. The van der Waals surface area contributed by atoms with Gasteiger partial charge in [-0.2, -0.15) is 0 Å². The average molecular weight is 272 g/mol. The Morgan fingerprint density at radius 3 is 2.93 bits per heavy atom. The van der Waals surface area contributed by atoms with Crippen molar-refractivity contribution >= 4 is 22.0 Å². The molecule has 0 heterocycles. The average Bonchev–Trinajstić information content (AvgIpc) is 2.25. The highest BCUT2D eigenvalue weighted by molar-refractivity contribution is 9.10. The Balaban J connectivity index is 2.73. The predicted octanol–water partition coefficient (Wildman–Crippen LogP) is 2.75. The van der Waals surface area contributed by atoms with Crippen molar-refractivity contribution in [2.45, 2.75) is 6.42 Å². The lowest BCUT2D eigenvalue weighted by molar-refractivity contribution is 0.143. The summed E-state index contributed by atoms with van der Waals surface area (Å²) in [5, 5.41) is 0. The van der Waals surface area contributed by atoms with Crippen molar-refractivity contribution in [1.29, 1.82) is 0 Å². The maximum atomic E-state index is 5.23. The van der Waals surface area contributed by atoms with E-state index in [1.807, 2.05) is 30.4 Å². The highest BCUT2D eigenvalue weighted by Crippen LogP contribution is 2.24. The standard InChI is InChI=1S/C11H14BrNO2/c1-14-11-6-5-10(12)8-9(11)4-2-3-7-15-13/h2,4-6,8H,3,7,13H2,1H3/b4-2+. The van der Waals surface area contributed by atoms with Crippen molar-refractivity contribution < 1.29 is 9.57 Å². The van der Waals surface area contributed by atoms with Crippen LogP contribution in [0.4, 0.5) is 0 Å². The largest absolute Gasteiger partial charge is 0.496 e. The first-order valence-electron chi connectivity index (χ1n) is 4.59. The molecule has 1 aromatic carbocycles. The van der Waals surface area contributed by atoms with E-state index in [2.05, 4.69) is 20.8 Å². The van der Waals surface area contributed by atoms with Gasteiger partial charge in [0.25, 0.3) is 0 Å². The zero-order valence-corrected chi connectivity index (χ0v) is 10.2. The molecule has 0 saturated heterocycles. The number of benzene rings is 1. The Labute approximate surface area is 98.0 Å². The Hall–Kier alpha value is -0.840. The number of methoxy groups -OCH3 is 1. The fraction of sp³-hybridized carbons (Fsp3) is 0.273. The second-order valence-corrected chi connectivity index (χ2v) is 3.86. The molecule has 0 aliphatic heterocycles. The SMILES string of the molecule is COc1ccc(Br)cc1/C=C/CCON. The van der Waals surface area contributed by atoms with E-state index in [9.17, 15) is 0 Å². The van der Waals surface area contributed by atoms with Gasteiger partial charge in [-0.1, -0.05) is 28.1 Å². The smallest absolute Gasteiger partial charge is 0.126 e. The first-order valence-corrected chi connectivity index (χ1v) is 5.39. The molecule has 0 unspecified atom stereocenters. The predicted molar refractivity (Wildman–Crippen MR) is 64.5 cm³/mol. The lowest BCUT2D eigenvalue weighted by Gasteiger charge is -2.04. The van der Waals surface area contributed by atoms with Gasteiger partial charge in [0.1, 0.15) is 5.75 Å². The van der Waals surface area contributed by atoms with Crippen LogP contribution in [0.3, 0.4) is 0 Å². The Morgan fingerprint density at radius 2 is 2.27 bits per heavy atom. The number of hydrogen-bond acceptors (Lipinski definition) is 3. The summed E-state index contributed by atoms with van der Waals surface area (Å²) in [7, 11) is 1.66. The molecule has 0 aromatic heterocycles. The molecule has 15 heavy (non-hydrogen) atoms. The molecular formula is C11H14BrNO2. The highest BCUT2D eigenvalue weighted by atomic mass is 79.9. The van der Waals surface area contributed by atoms with Crippen molar-refractivity contribution in [3.63, 3.8) is 0 Å². The lowest BCUT2D eigenvalue weighted by Crippen LogP contribution is -1.98. The van der Waals surface area contributed by atoms with Gasteiger partial charge in [-0.25, -0.2) is 5.90 Å². The number of ether oxygens (including phenoxy) is 1. The van der Waals surface area contributed by atoms with Gasteiger partial charge in [0.2, 0.25) is 0 Å². The molecule has 0 aliphatic rings. The molecule has 3 nitrogen and oxygen atoms in total. The third-order valence-electron chi connectivity index (χ3n) is 1.89. The quantitative estimate of drug-likeness (QED) is 0.662. The summed E-state index contributed by atoms with van der Waals surface area (Å²) >= 11 is 3.41. The zero-order valence-electron chi connectivity index (χ0n) is 8.57. The van der Waals surface area contributed by atoms with Crippen LogP contribution in [0.15, 0.2) is 28.7 Å². The third-order valence-corrected chi connectivity index (χ3v) is 2.38. The van der Waals surface area contributed by atoms with E-state index in [1.54, 1.807) is 7.11 Å². The molecule has 82 valence electrons. The van der Waals surface area contributed by atoms with Crippen LogP contribution in [0, 0.1) is 0 Å². The maximum Gasteiger partial charge on any atom is 0.126 e. The fourth-order valence-electron chi connectivity index (χ4n) is 1.18. The molecule has 0 saturated carbocycles. The molecule has 0 spiro atoms. The van der Waals surface area contributed by atoms with Gasteiger partial charge in [-0.05, 0) is 24.6 Å². The monoisotopic (exact) mass is 271 g/mol. The topological polar surface area (TPSA) is 44.5 Å². The summed E-state index contributed by atoms with van der Waals surface area (Å²) < 4.78 is 6.26. The summed E-state index contributed by atoms with van der Waals surface area (Å²) in [6, 6.07) is 5.86. The van der Waals surface area contributed by atoms with Gasteiger partial charge in [0.15, 0.2) is 0 Å². The number of nitrogens with two attached hydrogens (primary N) is 1. The van der Waals surface area contributed by atoms with Crippen molar-refractivity contribution in [2.24, 2.45) is 5.90 Å². The maximum absolute atomic E-state index is 5.23. The van der Waals surface area contributed by atoms with Crippen LogP contribution < -0.4 is 10.6 Å². The fourth-order valence-corrected chi connectivity index (χ4v) is 1.56. The molecule has 0 bridgehead atoms. The number of hydrogen-bond donors (Lipinski definition) is 1. The second-order valence-electron chi connectivity index (χ2n) is 2.95. The second kappa shape index (κ2) is 6.61. The summed E-state index contributed by atoms with van der Waals surface area (Å²) in [4.78, 5) is 4.47. The summed E-state index contributed by atoms with van der Waals surface area (Å²) in [5.74, 6) is 5.77. The first kappa shape index (κ1) is 12.2. The molecule has 0 amide bonds. The van der Waals surface area contributed by atoms with Crippen LogP contribution in [0.5, 0.6) is 5.75 Å². The van der Waals surface area contributed by atoms with E-state index in [0.29, 0.717) is 6.61 Å².